The summed E-state index contributed by atoms with van der Waals surface area (Å²) < 4.78 is 10.1. The van der Waals surface area contributed by atoms with E-state index in [0.29, 0.717) is 13.1 Å². The maximum Gasteiger partial charge on any atom is 0.342 e. The molecule has 1 aromatic carbocycles. The molecule has 0 aromatic heterocycles. The quantitative estimate of drug-likeness (QED) is 0.388. The van der Waals surface area contributed by atoms with Gasteiger partial charge in [-0.05, 0) is 24.4 Å². The molecule has 1 rings (SSSR count). The van der Waals surface area contributed by atoms with Crippen LogP contribution in [0.5, 0.6) is 5.75 Å². The van der Waals surface area contributed by atoms with Crippen molar-refractivity contribution in [1.82, 2.24) is 4.90 Å². The van der Waals surface area contributed by atoms with Crippen molar-refractivity contribution in [3.05, 3.63) is 67.4 Å². The second-order valence-corrected chi connectivity index (χ2v) is 4.60. The van der Waals surface area contributed by atoms with Gasteiger partial charge in [0.05, 0.1) is 0 Å². The van der Waals surface area contributed by atoms with Gasteiger partial charge in [0.25, 0.3) is 0 Å². The predicted molar refractivity (Wildman–Crippen MR) is 96.4 cm³/mol. The van der Waals surface area contributed by atoms with Gasteiger partial charge >= 0.3 is 11.9 Å². The van der Waals surface area contributed by atoms with Crippen LogP contribution >= 0.6 is 12.4 Å². The molecule has 0 saturated heterocycles. The minimum absolute atomic E-state index is 0. The molecule has 0 spiro atoms. The van der Waals surface area contributed by atoms with Crippen molar-refractivity contribution in [2.75, 3.05) is 19.7 Å². The highest BCUT2D eigenvalue weighted by Crippen LogP contribution is 2.19. The smallest absolute Gasteiger partial charge is 0.342 e. The molecule has 0 atom stereocenters. The van der Waals surface area contributed by atoms with Gasteiger partial charge in [-0.25, -0.2) is 4.79 Å². The van der Waals surface area contributed by atoms with Crippen molar-refractivity contribution in [3.63, 3.8) is 0 Å². The van der Waals surface area contributed by atoms with E-state index in [4.69, 9.17) is 9.47 Å². The van der Waals surface area contributed by atoms with Gasteiger partial charge in [-0.15, -0.1) is 25.6 Å². The van der Waals surface area contributed by atoms with Crippen molar-refractivity contribution < 1.29 is 19.1 Å². The fourth-order valence-corrected chi connectivity index (χ4v) is 1.80. The first-order chi connectivity index (χ1) is 11.1. The summed E-state index contributed by atoms with van der Waals surface area (Å²) in [5, 5.41) is 0. The molecule has 0 saturated carbocycles. The Labute approximate surface area is 148 Å². The lowest BCUT2D eigenvalue weighted by Crippen LogP contribution is -2.17. The lowest BCUT2D eigenvalue weighted by atomic mass is 10.2. The first kappa shape index (κ1) is 21.5. The van der Waals surface area contributed by atoms with Crippen LogP contribution in [0.25, 0.3) is 0 Å². The van der Waals surface area contributed by atoms with Crippen molar-refractivity contribution in [3.8, 4) is 5.75 Å². The Balaban J connectivity index is 0.00000529. The first-order valence-corrected chi connectivity index (χ1v) is 7.15. The van der Waals surface area contributed by atoms with E-state index in [1.807, 2.05) is 11.1 Å². The molecular weight excluding hydrogens is 330 g/mol. The number of ether oxygens (including phenoxy) is 2. The minimum atomic E-state index is -0.550. The molecule has 0 aliphatic heterocycles. The van der Waals surface area contributed by atoms with Crippen LogP contribution in [0.3, 0.4) is 0 Å². The van der Waals surface area contributed by atoms with Crippen LogP contribution in [-0.4, -0.2) is 36.5 Å². The SMILES string of the molecule is C=CCN(C=CCOC(=O)c1ccccc1OC(C)=O)CC=C.Cl. The maximum atomic E-state index is 12.0. The van der Waals surface area contributed by atoms with Crippen LogP contribution in [0, 0.1) is 0 Å². The minimum Gasteiger partial charge on any atom is -0.458 e. The van der Waals surface area contributed by atoms with E-state index in [-0.39, 0.29) is 30.3 Å². The van der Waals surface area contributed by atoms with Crippen LogP contribution in [0.15, 0.2) is 61.9 Å². The molecule has 0 fully saturated rings. The zero-order valence-electron chi connectivity index (χ0n) is 13.6. The fraction of sp³-hybridized carbons (Fsp3) is 0.222. The van der Waals surface area contributed by atoms with Gasteiger partial charge < -0.3 is 14.4 Å². The Morgan fingerprint density at radius 2 is 1.79 bits per heavy atom. The van der Waals surface area contributed by atoms with E-state index in [0.717, 1.165) is 0 Å². The largest absolute Gasteiger partial charge is 0.458 e. The molecular formula is C18H22ClNO4. The Hall–Kier alpha value is -2.53. The van der Waals surface area contributed by atoms with Crippen molar-refractivity contribution >= 4 is 24.3 Å². The number of esters is 2. The number of para-hydroxylation sites is 1. The molecule has 0 unspecified atom stereocenters. The van der Waals surface area contributed by atoms with E-state index in [1.54, 1.807) is 42.5 Å². The number of nitrogens with zero attached hydrogens (tertiary/aromatic N) is 1. The summed E-state index contributed by atoms with van der Waals surface area (Å²) in [4.78, 5) is 25.0. The number of hydrogen-bond acceptors (Lipinski definition) is 5. The van der Waals surface area contributed by atoms with Crippen LogP contribution < -0.4 is 4.74 Å². The highest BCUT2D eigenvalue weighted by molar-refractivity contribution is 5.93. The zero-order valence-corrected chi connectivity index (χ0v) is 14.5. The number of halogens is 1. The molecule has 0 radical (unpaired) electrons. The van der Waals surface area contributed by atoms with Crippen LogP contribution in [0.2, 0.25) is 0 Å². The lowest BCUT2D eigenvalue weighted by Gasteiger charge is -2.15. The van der Waals surface area contributed by atoms with Gasteiger partial charge in [0, 0.05) is 20.0 Å². The van der Waals surface area contributed by atoms with Crippen LogP contribution in [0.4, 0.5) is 0 Å². The molecule has 130 valence electrons. The molecule has 0 heterocycles. The summed E-state index contributed by atoms with van der Waals surface area (Å²) >= 11 is 0. The Kier molecular flexibility index (Phi) is 10.7. The van der Waals surface area contributed by atoms with Crippen molar-refractivity contribution in [1.29, 1.82) is 0 Å². The summed E-state index contributed by atoms with van der Waals surface area (Å²) in [6, 6.07) is 6.45. The molecule has 24 heavy (non-hydrogen) atoms. The lowest BCUT2D eigenvalue weighted by molar-refractivity contribution is -0.131. The van der Waals surface area contributed by atoms with Crippen LogP contribution in [0.1, 0.15) is 17.3 Å². The number of hydrogen-bond donors (Lipinski definition) is 0. The summed E-state index contributed by atoms with van der Waals surface area (Å²) in [5.74, 6) is -0.853. The van der Waals surface area contributed by atoms with Gasteiger partial charge in [-0.2, -0.15) is 0 Å². The predicted octanol–water partition coefficient (Wildman–Crippen LogP) is 3.38. The summed E-state index contributed by atoms with van der Waals surface area (Å²) in [6.45, 7) is 10.1. The maximum absolute atomic E-state index is 12.0. The fourth-order valence-electron chi connectivity index (χ4n) is 1.80. The summed E-state index contributed by atoms with van der Waals surface area (Å²) in [7, 11) is 0. The zero-order chi connectivity index (χ0) is 17.1. The summed E-state index contributed by atoms with van der Waals surface area (Å²) in [5.41, 5.74) is 0.213. The third-order valence-electron chi connectivity index (χ3n) is 2.71. The molecule has 0 bridgehead atoms. The number of carbonyl (C=O) groups excluding carboxylic acids is 2. The Morgan fingerprint density at radius 1 is 1.17 bits per heavy atom. The van der Waals surface area contributed by atoms with Gasteiger partial charge in [-0.3, -0.25) is 4.79 Å². The normalized spacial score (nSPS) is 9.71. The third-order valence-corrected chi connectivity index (χ3v) is 2.71. The summed E-state index contributed by atoms with van der Waals surface area (Å²) in [6.07, 6.45) is 7.08. The van der Waals surface area contributed by atoms with Crippen molar-refractivity contribution in [2.24, 2.45) is 0 Å². The Bertz CT molecular complexity index is 588. The Morgan fingerprint density at radius 3 is 2.38 bits per heavy atom. The second kappa shape index (κ2) is 12.0. The molecule has 6 heteroatoms. The first-order valence-electron chi connectivity index (χ1n) is 7.15. The second-order valence-electron chi connectivity index (χ2n) is 4.60. The number of rotatable bonds is 9. The molecule has 0 N–H and O–H groups in total. The van der Waals surface area contributed by atoms with Gasteiger partial charge in [-0.1, -0.05) is 24.3 Å². The van der Waals surface area contributed by atoms with Gasteiger partial charge in [0.2, 0.25) is 0 Å². The van der Waals surface area contributed by atoms with Crippen LogP contribution in [-0.2, 0) is 9.53 Å². The monoisotopic (exact) mass is 351 g/mol. The van der Waals surface area contributed by atoms with Gasteiger partial charge in [0.1, 0.15) is 17.9 Å². The highest BCUT2D eigenvalue weighted by atomic mass is 35.5. The third kappa shape index (κ3) is 7.65. The van der Waals surface area contributed by atoms with Crippen molar-refractivity contribution in [2.45, 2.75) is 6.92 Å². The van der Waals surface area contributed by atoms with E-state index in [9.17, 15) is 9.59 Å². The molecule has 0 aliphatic carbocycles. The average Bonchev–Trinajstić information content (AvgIpc) is 2.51. The van der Waals surface area contributed by atoms with Gasteiger partial charge in [0.15, 0.2) is 0 Å². The standard InChI is InChI=1S/C18H21NO4.ClH/c1-4-11-19(12-5-2)13-8-14-22-18(21)16-9-6-7-10-17(16)23-15(3)20;/h4-10,13H,1-2,11-12,14H2,3H3;1H. The molecule has 0 aliphatic rings. The average molecular weight is 352 g/mol. The highest BCUT2D eigenvalue weighted by Gasteiger charge is 2.14. The van der Waals surface area contributed by atoms with E-state index >= 15 is 0 Å². The van der Waals surface area contributed by atoms with E-state index in [1.165, 1.54) is 6.92 Å². The number of benzene rings is 1. The topological polar surface area (TPSA) is 55.8 Å². The van der Waals surface area contributed by atoms with E-state index in [2.05, 4.69) is 13.2 Å². The number of carbonyl (C=O) groups is 2. The molecule has 1 aromatic rings. The molecule has 0 amide bonds. The molecule has 5 nitrogen and oxygen atoms in total. The van der Waals surface area contributed by atoms with E-state index < -0.39 is 11.9 Å².